The van der Waals surface area contributed by atoms with Crippen molar-refractivity contribution in [3.8, 4) is 5.75 Å². The van der Waals surface area contributed by atoms with Crippen LogP contribution in [0.4, 0.5) is 0 Å². The Balaban J connectivity index is 1.54. The van der Waals surface area contributed by atoms with E-state index in [0.717, 1.165) is 45.2 Å². The van der Waals surface area contributed by atoms with E-state index in [0.29, 0.717) is 48.5 Å². The van der Waals surface area contributed by atoms with Crippen LogP contribution in [0.15, 0.2) is 30.5 Å². The number of hydrogen-bond acceptors (Lipinski definition) is 4. The Morgan fingerprint density at radius 1 is 1.09 bits per heavy atom. The van der Waals surface area contributed by atoms with Crippen molar-refractivity contribution in [3.63, 3.8) is 0 Å². The number of amides is 2. The minimum absolute atomic E-state index is 0.138. The van der Waals surface area contributed by atoms with Gasteiger partial charge in [0, 0.05) is 55.8 Å². The highest BCUT2D eigenvalue weighted by atomic mass is 35.5. The molecule has 3 heterocycles. The van der Waals surface area contributed by atoms with Gasteiger partial charge in [0.05, 0.1) is 11.6 Å². The third-order valence-corrected chi connectivity index (χ3v) is 7.41. The van der Waals surface area contributed by atoms with Gasteiger partial charge in [-0.1, -0.05) is 36.2 Å². The van der Waals surface area contributed by atoms with Crippen molar-refractivity contribution in [3.05, 3.63) is 46.2 Å². The van der Waals surface area contributed by atoms with Crippen LogP contribution in [-0.2, 0) is 11.3 Å². The zero-order chi connectivity index (χ0) is 24.8. The van der Waals surface area contributed by atoms with Gasteiger partial charge in [0.2, 0.25) is 5.91 Å². The Kier molecular flexibility index (Phi) is 8.60. The SMILES string of the molecule is CCCn1cc(Cl)c(C(=O)N2CCCC(COc3cccc(Cl)c3)(CC(=O)N3CCCCC3)C2)n1. The van der Waals surface area contributed by atoms with Crippen molar-refractivity contribution >= 4 is 35.0 Å². The number of carbonyl (C=O) groups is 2. The molecule has 0 aliphatic carbocycles. The van der Waals surface area contributed by atoms with Crippen LogP contribution in [0.2, 0.25) is 10.0 Å². The van der Waals surface area contributed by atoms with Gasteiger partial charge in [-0.25, -0.2) is 0 Å². The van der Waals surface area contributed by atoms with Crippen molar-refractivity contribution < 1.29 is 14.3 Å². The van der Waals surface area contributed by atoms with Crippen molar-refractivity contribution in [2.24, 2.45) is 5.41 Å². The lowest BCUT2D eigenvalue weighted by Crippen LogP contribution is -2.51. The third kappa shape index (κ3) is 6.50. The van der Waals surface area contributed by atoms with E-state index in [2.05, 4.69) is 12.0 Å². The molecule has 2 aliphatic heterocycles. The van der Waals surface area contributed by atoms with Gasteiger partial charge in [-0.3, -0.25) is 14.3 Å². The fraction of sp³-hybridized carbons (Fsp3) is 0.577. The number of rotatable bonds is 8. The number of nitrogens with zero attached hydrogens (tertiary/aromatic N) is 4. The molecule has 2 amide bonds. The van der Waals surface area contributed by atoms with Crippen LogP contribution in [0.25, 0.3) is 0 Å². The molecule has 0 N–H and O–H groups in total. The van der Waals surface area contributed by atoms with Gasteiger partial charge in [0.15, 0.2) is 5.69 Å². The summed E-state index contributed by atoms with van der Waals surface area (Å²) in [6.45, 7) is 5.71. The van der Waals surface area contributed by atoms with Crippen LogP contribution in [0.3, 0.4) is 0 Å². The quantitative estimate of drug-likeness (QED) is 0.473. The normalized spacial score (nSPS) is 20.7. The molecule has 0 spiro atoms. The van der Waals surface area contributed by atoms with Crippen LogP contribution in [-0.4, -0.2) is 64.2 Å². The Bertz CT molecular complexity index is 1040. The van der Waals surface area contributed by atoms with Crippen molar-refractivity contribution in [2.75, 3.05) is 32.8 Å². The molecule has 0 bridgehead atoms. The predicted octanol–water partition coefficient (Wildman–Crippen LogP) is 5.30. The monoisotopic (exact) mass is 520 g/mol. The lowest BCUT2D eigenvalue weighted by atomic mass is 9.77. The van der Waals surface area contributed by atoms with E-state index in [9.17, 15) is 9.59 Å². The average molecular weight is 521 g/mol. The molecule has 35 heavy (non-hydrogen) atoms. The number of piperidine rings is 2. The van der Waals surface area contributed by atoms with Crippen LogP contribution < -0.4 is 4.74 Å². The molecular weight excluding hydrogens is 487 g/mol. The fourth-order valence-corrected chi connectivity index (χ4v) is 5.51. The molecule has 7 nitrogen and oxygen atoms in total. The van der Waals surface area contributed by atoms with Crippen molar-refractivity contribution in [1.82, 2.24) is 19.6 Å². The predicted molar refractivity (Wildman–Crippen MR) is 137 cm³/mol. The molecule has 190 valence electrons. The molecule has 2 saturated heterocycles. The lowest BCUT2D eigenvalue weighted by Gasteiger charge is -2.43. The first-order chi connectivity index (χ1) is 16.9. The molecular formula is C26H34Cl2N4O3. The number of hydrogen-bond donors (Lipinski definition) is 0. The van der Waals surface area contributed by atoms with E-state index in [1.165, 1.54) is 6.42 Å². The van der Waals surface area contributed by atoms with Gasteiger partial charge >= 0.3 is 0 Å². The van der Waals surface area contributed by atoms with E-state index in [-0.39, 0.29) is 17.5 Å². The highest BCUT2D eigenvalue weighted by Gasteiger charge is 2.41. The number of ether oxygens (including phenoxy) is 1. The second-order valence-electron chi connectivity index (χ2n) is 9.78. The molecule has 4 rings (SSSR count). The first kappa shape index (κ1) is 25.8. The van der Waals surface area contributed by atoms with E-state index in [1.54, 1.807) is 27.9 Å². The van der Waals surface area contributed by atoms with E-state index >= 15 is 0 Å². The highest BCUT2D eigenvalue weighted by molar-refractivity contribution is 6.33. The number of likely N-dealkylation sites (tertiary alicyclic amines) is 2. The zero-order valence-electron chi connectivity index (χ0n) is 20.3. The third-order valence-electron chi connectivity index (χ3n) is 6.90. The van der Waals surface area contributed by atoms with Crippen LogP contribution in [0, 0.1) is 5.41 Å². The molecule has 1 unspecified atom stereocenters. The Hall–Kier alpha value is -2.25. The van der Waals surface area contributed by atoms with Gasteiger partial charge in [0.1, 0.15) is 5.75 Å². The summed E-state index contributed by atoms with van der Waals surface area (Å²) in [4.78, 5) is 30.5. The Morgan fingerprint density at radius 3 is 2.60 bits per heavy atom. The summed E-state index contributed by atoms with van der Waals surface area (Å²) >= 11 is 12.5. The molecule has 2 fully saturated rings. The summed E-state index contributed by atoms with van der Waals surface area (Å²) in [5, 5.41) is 5.39. The highest BCUT2D eigenvalue weighted by Crippen LogP contribution is 2.36. The number of aromatic nitrogens is 2. The first-order valence-electron chi connectivity index (χ1n) is 12.6. The molecule has 1 aromatic carbocycles. The summed E-state index contributed by atoms with van der Waals surface area (Å²) in [6, 6.07) is 7.27. The average Bonchev–Trinajstić information content (AvgIpc) is 3.23. The maximum atomic E-state index is 13.4. The lowest BCUT2D eigenvalue weighted by molar-refractivity contribution is -0.136. The molecule has 1 aromatic heterocycles. The summed E-state index contributed by atoms with van der Waals surface area (Å²) < 4.78 is 7.89. The number of benzene rings is 1. The van der Waals surface area contributed by atoms with E-state index in [4.69, 9.17) is 27.9 Å². The molecule has 2 aliphatic rings. The number of carbonyl (C=O) groups excluding carboxylic acids is 2. The summed E-state index contributed by atoms with van der Waals surface area (Å²) in [5.41, 5.74) is -0.225. The van der Waals surface area contributed by atoms with E-state index < -0.39 is 5.41 Å². The minimum atomic E-state index is -0.497. The van der Waals surface area contributed by atoms with Gasteiger partial charge in [-0.05, 0) is 56.7 Å². The molecule has 1 atom stereocenters. The summed E-state index contributed by atoms with van der Waals surface area (Å²) in [7, 11) is 0. The summed E-state index contributed by atoms with van der Waals surface area (Å²) in [6.07, 6.45) is 7.79. The molecule has 0 saturated carbocycles. The smallest absolute Gasteiger partial charge is 0.275 e. The Labute approximate surface area is 217 Å². The number of halogens is 2. The largest absolute Gasteiger partial charge is 0.493 e. The molecule has 0 radical (unpaired) electrons. The summed E-state index contributed by atoms with van der Waals surface area (Å²) in [5.74, 6) is 0.605. The van der Waals surface area contributed by atoms with Crippen LogP contribution in [0.1, 0.15) is 62.4 Å². The van der Waals surface area contributed by atoms with E-state index in [1.807, 2.05) is 17.0 Å². The van der Waals surface area contributed by atoms with Crippen molar-refractivity contribution in [1.29, 1.82) is 0 Å². The minimum Gasteiger partial charge on any atom is -0.493 e. The number of aryl methyl sites for hydroxylation is 1. The maximum absolute atomic E-state index is 13.4. The van der Waals surface area contributed by atoms with Gasteiger partial charge < -0.3 is 14.5 Å². The second kappa shape index (κ2) is 11.7. The fourth-order valence-electron chi connectivity index (χ4n) is 5.10. The Morgan fingerprint density at radius 2 is 1.86 bits per heavy atom. The maximum Gasteiger partial charge on any atom is 0.275 e. The first-order valence-corrected chi connectivity index (χ1v) is 13.3. The van der Waals surface area contributed by atoms with Crippen LogP contribution >= 0.6 is 23.2 Å². The van der Waals surface area contributed by atoms with Gasteiger partial charge in [0.25, 0.3) is 5.91 Å². The van der Waals surface area contributed by atoms with Crippen LogP contribution in [0.5, 0.6) is 5.75 Å². The van der Waals surface area contributed by atoms with Crippen molar-refractivity contribution in [2.45, 2.75) is 58.4 Å². The standard InChI is InChI=1S/C26H34Cl2N4O3/c1-2-11-32-17-22(28)24(29-32)25(34)31-14-7-10-26(18-31,16-23(33)30-12-4-3-5-13-30)19-35-21-9-6-8-20(27)15-21/h6,8-9,15,17H,2-5,7,10-14,16,18-19H2,1H3. The zero-order valence-corrected chi connectivity index (χ0v) is 21.9. The second-order valence-corrected chi connectivity index (χ2v) is 10.6. The molecule has 9 heteroatoms. The van der Waals surface area contributed by atoms with Gasteiger partial charge in [-0.2, -0.15) is 5.10 Å². The molecule has 2 aromatic rings. The topological polar surface area (TPSA) is 67.7 Å². The van der Waals surface area contributed by atoms with Gasteiger partial charge in [-0.15, -0.1) is 0 Å².